The molecule has 1 fully saturated rings. The molecule has 1 amide bonds. The normalized spacial score (nSPS) is 15.4. The number of thiazole rings is 1. The van der Waals surface area contributed by atoms with Crippen LogP contribution in [0.1, 0.15) is 55.0 Å². The number of aromatic amines is 1. The molecule has 1 atom stereocenters. The molecule has 1 saturated carbocycles. The molecular weight excluding hydrogens is 362 g/mol. The Kier molecular flexibility index (Phi) is 4.27. The van der Waals surface area contributed by atoms with Gasteiger partial charge in [0.2, 0.25) is 11.0 Å². The molecule has 1 aliphatic carbocycles. The highest BCUT2D eigenvalue weighted by Crippen LogP contribution is 2.39. The molecule has 0 aliphatic heterocycles. The van der Waals surface area contributed by atoms with Crippen LogP contribution < -0.4 is 5.32 Å². The zero-order valence-electron chi connectivity index (χ0n) is 13.8. The first-order valence-corrected chi connectivity index (χ1v) is 9.04. The summed E-state index contributed by atoms with van der Waals surface area (Å²) in [5.41, 5.74) is 1.42. The van der Waals surface area contributed by atoms with Gasteiger partial charge in [-0.25, -0.2) is 18.4 Å². The molecule has 10 heteroatoms. The lowest BCUT2D eigenvalue weighted by Crippen LogP contribution is -2.18. The molecular formula is C16H16F2N6OS. The van der Waals surface area contributed by atoms with Gasteiger partial charge in [0.25, 0.3) is 6.43 Å². The van der Waals surface area contributed by atoms with E-state index in [4.69, 9.17) is 0 Å². The van der Waals surface area contributed by atoms with Gasteiger partial charge in [0, 0.05) is 34.8 Å². The Hall–Kier alpha value is -2.62. The minimum atomic E-state index is -2.62. The van der Waals surface area contributed by atoms with Crippen LogP contribution in [-0.2, 0) is 4.79 Å². The number of nitrogens with one attached hydrogen (secondary N) is 2. The van der Waals surface area contributed by atoms with Crippen molar-refractivity contribution in [1.29, 1.82) is 0 Å². The second kappa shape index (κ2) is 6.60. The molecule has 136 valence electrons. The summed E-state index contributed by atoms with van der Waals surface area (Å²) in [5.74, 6) is 0.336. The molecule has 1 aliphatic rings. The molecule has 0 saturated heterocycles. The fourth-order valence-corrected chi connectivity index (χ4v) is 3.28. The lowest BCUT2D eigenvalue weighted by Gasteiger charge is -2.08. The summed E-state index contributed by atoms with van der Waals surface area (Å²) in [6.45, 7) is 1.75. The summed E-state index contributed by atoms with van der Waals surface area (Å²) < 4.78 is 26.7. The number of rotatable bonds is 6. The number of amides is 1. The average molecular weight is 378 g/mol. The third-order valence-electron chi connectivity index (χ3n) is 4.29. The summed E-state index contributed by atoms with van der Waals surface area (Å²) in [4.78, 5) is 16.3. The first-order valence-electron chi connectivity index (χ1n) is 8.16. The van der Waals surface area contributed by atoms with Gasteiger partial charge in [-0.2, -0.15) is 10.2 Å². The van der Waals surface area contributed by atoms with Crippen LogP contribution in [0.5, 0.6) is 0 Å². The lowest BCUT2D eigenvalue weighted by atomic mass is 10.0. The molecule has 0 aromatic carbocycles. The largest absolute Gasteiger partial charge is 0.309 e. The van der Waals surface area contributed by atoms with Crippen molar-refractivity contribution in [2.75, 3.05) is 5.32 Å². The van der Waals surface area contributed by atoms with E-state index in [0.29, 0.717) is 22.4 Å². The van der Waals surface area contributed by atoms with E-state index in [1.165, 1.54) is 16.3 Å². The molecule has 3 heterocycles. The molecule has 26 heavy (non-hydrogen) atoms. The Balaban J connectivity index is 1.44. The van der Waals surface area contributed by atoms with E-state index in [-0.39, 0.29) is 11.6 Å². The van der Waals surface area contributed by atoms with E-state index in [0.717, 1.165) is 29.9 Å². The van der Waals surface area contributed by atoms with Gasteiger partial charge in [-0.05, 0) is 19.8 Å². The monoisotopic (exact) mass is 378 g/mol. The van der Waals surface area contributed by atoms with Gasteiger partial charge in [-0.3, -0.25) is 9.89 Å². The van der Waals surface area contributed by atoms with Gasteiger partial charge in [0.05, 0.1) is 12.1 Å². The van der Waals surface area contributed by atoms with Crippen LogP contribution in [0.15, 0.2) is 23.8 Å². The van der Waals surface area contributed by atoms with Crippen molar-refractivity contribution >= 4 is 23.1 Å². The zero-order valence-corrected chi connectivity index (χ0v) is 14.6. The van der Waals surface area contributed by atoms with Crippen molar-refractivity contribution in [3.8, 4) is 5.13 Å². The van der Waals surface area contributed by atoms with Crippen molar-refractivity contribution in [2.45, 2.75) is 38.0 Å². The number of anilines is 1. The maximum atomic E-state index is 12.7. The zero-order chi connectivity index (χ0) is 18.3. The van der Waals surface area contributed by atoms with Crippen LogP contribution in [0, 0.1) is 0 Å². The third kappa shape index (κ3) is 3.36. The second-order valence-corrected chi connectivity index (χ2v) is 7.10. The molecule has 0 spiro atoms. The maximum Gasteiger partial charge on any atom is 0.281 e. The van der Waals surface area contributed by atoms with E-state index in [2.05, 4.69) is 25.6 Å². The van der Waals surface area contributed by atoms with Gasteiger partial charge in [0.1, 0.15) is 5.69 Å². The summed E-state index contributed by atoms with van der Waals surface area (Å²) in [6.07, 6.45) is 2.84. The highest BCUT2D eigenvalue weighted by atomic mass is 32.1. The number of H-pyrrole nitrogens is 1. The van der Waals surface area contributed by atoms with Crippen molar-refractivity contribution in [3.05, 3.63) is 40.8 Å². The lowest BCUT2D eigenvalue weighted by molar-refractivity contribution is -0.117. The predicted octanol–water partition coefficient (Wildman–Crippen LogP) is 3.61. The molecule has 0 bridgehead atoms. The van der Waals surface area contributed by atoms with E-state index in [1.807, 2.05) is 6.07 Å². The van der Waals surface area contributed by atoms with E-state index < -0.39 is 12.3 Å². The number of aromatic nitrogens is 5. The minimum absolute atomic E-state index is 0.217. The van der Waals surface area contributed by atoms with Crippen LogP contribution in [0.4, 0.5) is 14.6 Å². The molecule has 3 aromatic rings. The first-order chi connectivity index (χ1) is 12.5. The molecule has 0 radical (unpaired) electrons. The number of carbonyl (C=O) groups excluding carboxylic acids is 1. The highest BCUT2D eigenvalue weighted by Gasteiger charge is 2.26. The third-order valence-corrected chi connectivity index (χ3v) is 5.14. The fraction of sp³-hybridized carbons (Fsp3) is 0.375. The number of nitrogens with zero attached hydrogens (tertiary/aromatic N) is 4. The van der Waals surface area contributed by atoms with Crippen LogP contribution in [0.25, 0.3) is 5.13 Å². The van der Waals surface area contributed by atoms with E-state index >= 15 is 0 Å². The van der Waals surface area contributed by atoms with Gasteiger partial charge in [-0.1, -0.05) is 0 Å². The first kappa shape index (κ1) is 16.8. The van der Waals surface area contributed by atoms with E-state index in [9.17, 15) is 13.6 Å². The Bertz CT molecular complexity index is 929. The fourth-order valence-electron chi connectivity index (χ4n) is 2.54. The maximum absolute atomic E-state index is 12.7. The topological polar surface area (TPSA) is 88.5 Å². The minimum Gasteiger partial charge on any atom is -0.309 e. The van der Waals surface area contributed by atoms with Crippen LogP contribution in [-0.4, -0.2) is 30.9 Å². The SMILES string of the molecule is C[C@@H](C(=O)Nc1cc(C2CC2)[nH]n1)c1cnn(-c2nc(C(F)F)cs2)c1. The second-order valence-electron chi connectivity index (χ2n) is 6.27. The van der Waals surface area contributed by atoms with Crippen LogP contribution in [0.2, 0.25) is 0 Å². The van der Waals surface area contributed by atoms with Crippen LogP contribution in [0.3, 0.4) is 0 Å². The Labute approximate surface area is 151 Å². The molecule has 0 unspecified atom stereocenters. The van der Waals surface area contributed by atoms with Crippen molar-refractivity contribution < 1.29 is 13.6 Å². The highest BCUT2D eigenvalue weighted by molar-refractivity contribution is 7.12. The quantitative estimate of drug-likeness (QED) is 0.686. The Morgan fingerprint density at radius 2 is 2.27 bits per heavy atom. The number of carbonyl (C=O) groups is 1. The summed E-state index contributed by atoms with van der Waals surface area (Å²) in [6, 6.07) is 1.85. The Morgan fingerprint density at radius 1 is 1.46 bits per heavy atom. The van der Waals surface area contributed by atoms with Crippen molar-refractivity contribution in [3.63, 3.8) is 0 Å². The predicted molar refractivity (Wildman–Crippen MR) is 91.8 cm³/mol. The molecule has 3 aromatic heterocycles. The average Bonchev–Trinajstić information content (AvgIpc) is 3.06. The summed E-state index contributed by atoms with van der Waals surface area (Å²) in [7, 11) is 0. The van der Waals surface area contributed by atoms with Gasteiger partial charge < -0.3 is 5.32 Å². The summed E-state index contributed by atoms with van der Waals surface area (Å²) >= 11 is 1.07. The number of hydrogen-bond donors (Lipinski definition) is 2. The number of hydrogen-bond acceptors (Lipinski definition) is 5. The van der Waals surface area contributed by atoms with Crippen LogP contribution >= 0.6 is 11.3 Å². The molecule has 2 N–H and O–H groups in total. The van der Waals surface area contributed by atoms with Gasteiger partial charge in [0.15, 0.2) is 5.82 Å². The number of halogens is 2. The molecule has 4 rings (SSSR count). The van der Waals surface area contributed by atoms with Crippen molar-refractivity contribution in [2.24, 2.45) is 0 Å². The van der Waals surface area contributed by atoms with Crippen molar-refractivity contribution in [1.82, 2.24) is 25.0 Å². The van der Waals surface area contributed by atoms with Gasteiger partial charge >= 0.3 is 0 Å². The number of alkyl halides is 2. The Morgan fingerprint density at radius 3 is 2.96 bits per heavy atom. The molecule has 7 nitrogen and oxygen atoms in total. The standard InChI is InChI=1S/C16H16F2N6OS/c1-8(15(25)21-13-4-11(22-23-13)9-2-3-9)10-5-19-24(6-10)16-20-12(7-26-16)14(17)18/h4-9,14H,2-3H2,1H3,(H2,21,22,23,25)/t8-/m1/s1. The smallest absolute Gasteiger partial charge is 0.281 e. The van der Waals surface area contributed by atoms with E-state index in [1.54, 1.807) is 13.1 Å². The summed E-state index contributed by atoms with van der Waals surface area (Å²) in [5, 5.41) is 15.6. The van der Waals surface area contributed by atoms with Gasteiger partial charge in [-0.15, -0.1) is 11.3 Å².